The standard InChI is InChI=1S/C16H20N4S/c1-3-17-14(15-10-21-11-18-15)9-13-12-7-5-6-8-16(12)20(4-2)19-13/h5-8,10-11,14,17H,3-4,9H2,1-2H3. The molecule has 1 N–H and O–H groups in total. The first kappa shape index (κ1) is 14.2. The summed E-state index contributed by atoms with van der Waals surface area (Å²) in [5.74, 6) is 0. The molecule has 2 aromatic heterocycles. The summed E-state index contributed by atoms with van der Waals surface area (Å²) in [6.07, 6.45) is 0.866. The molecule has 0 aliphatic rings. The smallest absolute Gasteiger partial charge is 0.0795 e. The fourth-order valence-electron chi connectivity index (χ4n) is 2.70. The quantitative estimate of drug-likeness (QED) is 0.758. The first-order chi connectivity index (χ1) is 10.3. The Labute approximate surface area is 128 Å². The van der Waals surface area contributed by atoms with Crippen molar-refractivity contribution in [1.29, 1.82) is 0 Å². The van der Waals surface area contributed by atoms with Crippen LogP contribution in [0.1, 0.15) is 31.3 Å². The Hall–Kier alpha value is -1.72. The molecule has 1 atom stereocenters. The number of hydrogen-bond donors (Lipinski definition) is 1. The third-order valence-electron chi connectivity index (χ3n) is 3.69. The Kier molecular flexibility index (Phi) is 4.31. The van der Waals surface area contributed by atoms with Crippen molar-refractivity contribution >= 4 is 22.2 Å². The van der Waals surface area contributed by atoms with Crippen LogP contribution in [0.4, 0.5) is 0 Å². The van der Waals surface area contributed by atoms with Crippen LogP contribution < -0.4 is 5.32 Å². The molecule has 5 heteroatoms. The molecule has 1 aromatic carbocycles. The molecule has 0 bridgehead atoms. The fraction of sp³-hybridized carbons (Fsp3) is 0.375. The lowest BCUT2D eigenvalue weighted by Gasteiger charge is -2.14. The van der Waals surface area contributed by atoms with E-state index in [0.717, 1.165) is 30.9 Å². The summed E-state index contributed by atoms with van der Waals surface area (Å²) in [6, 6.07) is 8.68. The van der Waals surface area contributed by atoms with Gasteiger partial charge in [0.2, 0.25) is 0 Å². The summed E-state index contributed by atoms with van der Waals surface area (Å²) >= 11 is 1.64. The first-order valence-electron chi connectivity index (χ1n) is 7.39. The van der Waals surface area contributed by atoms with Crippen LogP contribution in [0.5, 0.6) is 0 Å². The topological polar surface area (TPSA) is 42.7 Å². The molecular weight excluding hydrogens is 280 g/mol. The van der Waals surface area contributed by atoms with E-state index < -0.39 is 0 Å². The zero-order valence-electron chi connectivity index (χ0n) is 12.4. The molecular formula is C16H20N4S. The number of fused-ring (bicyclic) bond motifs is 1. The number of nitrogens with zero attached hydrogens (tertiary/aromatic N) is 3. The van der Waals surface area contributed by atoms with Gasteiger partial charge in [-0.3, -0.25) is 4.68 Å². The number of benzene rings is 1. The summed E-state index contributed by atoms with van der Waals surface area (Å²) < 4.78 is 2.08. The minimum Gasteiger partial charge on any atom is -0.309 e. The maximum atomic E-state index is 4.79. The largest absolute Gasteiger partial charge is 0.309 e. The van der Waals surface area contributed by atoms with Gasteiger partial charge in [0.05, 0.1) is 28.5 Å². The van der Waals surface area contributed by atoms with Gasteiger partial charge in [-0.2, -0.15) is 5.10 Å². The minimum atomic E-state index is 0.227. The highest BCUT2D eigenvalue weighted by Crippen LogP contribution is 2.24. The van der Waals surface area contributed by atoms with Crippen LogP contribution >= 0.6 is 11.3 Å². The molecule has 0 radical (unpaired) electrons. The fourth-order valence-corrected chi connectivity index (χ4v) is 3.31. The molecule has 3 rings (SSSR count). The highest BCUT2D eigenvalue weighted by Gasteiger charge is 2.17. The molecule has 2 heterocycles. The molecule has 0 aliphatic heterocycles. The summed E-state index contributed by atoms with van der Waals surface area (Å²) in [5, 5.41) is 11.7. The number of likely N-dealkylation sites (N-methyl/N-ethyl adjacent to an activating group) is 1. The van der Waals surface area contributed by atoms with Crippen LogP contribution in [0.3, 0.4) is 0 Å². The maximum absolute atomic E-state index is 4.79. The number of aromatic nitrogens is 3. The molecule has 0 amide bonds. The van der Waals surface area contributed by atoms with Gasteiger partial charge in [0.25, 0.3) is 0 Å². The maximum Gasteiger partial charge on any atom is 0.0795 e. The van der Waals surface area contributed by atoms with E-state index in [2.05, 4.69) is 58.5 Å². The SMILES string of the molecule is CCNC(Cc1nn(CC)c2ccccc12)c1cscn1. The van der Waals surface area contributed by atoms with Crippen molar-refractivity contribution in [1.82, 2.24) is 20.1 Å². The van der Waals surface area contributed by atoms with Crippen LogP contribution in [0.25, 0.3) is 10.9 Å². The lowest BCUT2D eigenvalue weighted by atomic mass is 10.1. The Balaban J connectivity index is 1.96. The third kappa shape index (κ3) is 2.84. The van der Waals surface area contributed by atoms with Gasteiger partial charge in [-0.1, -0.05) is 25.1 Å². The number of aryl methyl sites for hydroxylation is 1. The Morgan fingerprint density at radius 3 is 2.86 bits per heavy atom. The second-order valence-electron chi connectivity index (χ2n) is 5.01. The van der Waals surface area contributed by atoms with E-state index in [1.165, 1.54) is 10.9 Å². The van der Waals surface area contributed by atoms with Crippen molar-refractivity contribution < 1.29 is 0 Å². The van der Waals surface area contributed by atoms with Crippen molar-refractivity contribution in [3.8, 4) is 0 Å². The summed E-state index contributed by atoms with van der Waals surface area (Å²) in [6.45, 7) is 6.07. The van der Waals surface area contributed by atoms with Crippen molar-refractivity contribution in [3.05, 3.63) is 46.5 Å². The monoisotopic (exact) mass is 300 g/mol. The van der Waals surface area contributed by atoms with Gasteiger partial charge in [0, 0.05) is 23.7 Å². The van der Waals surface area contributed by atoms with E-state index in [1.807, 2.05) is 5.51 Å². The highest BCUT2D eigenvalue weighted by molar-refractivity contribution is 7.07. The van der Waals surface area contributed by atoms with Gasteiger partial charge in [-0.05, 0) is 19.5 Å². The average Bonchev–Trinajstić information content (AvgIpc) is 3.15. The van der Waals surface area contributed by atoms with Crippen LogP contribution in [0.15, 0.2) is 35.2 Å². The van der Waals surface area contributed by atoms with E-state index in [1.54, 1.807) is 11.3 Å². The third-order valence-corrected chi connectivity index (χ3v) is 4.30. The van der Waals surface area contributed by atoms with Crippen molar-refractivity contribution in [2.75, 3.05) is 6.54 Å². The molecule has 0 spiro atoms. The summed E-state index contributed by atoms with van der Waals surface area (Å²) in [5.41, 5.74) is 5.36. The molecule has 110 valence electrons. The van der Waals surface area contributed by atoms with Gasteiger partial charge >= 0.3 is 0 Å². The lowest BCUT2D eigenvalue weighted by Crippen LogP contribution is -2.23. The molecule has 21 heavy (non-hydrogen) atoms. The second kappa shape index (κ2) is 6.37. The number of nitrogens with one attached hydrogen (secondary N) is 1. The zero-order valence-corrected chi connectivity index (χ0v) is 13.2. The van der Waals surface area contributed by atoms with Gasteiger partial charge in [0.1, 0.15) is 0 Å². The van der Waals surface area contributed by atoms with Crippen LogP contribution in [-0.2, 0) is 13.0 Å². The van der Waals surface area contributed by atoms with Crippen molar-refractivity contribution in [2.45, 2.75) is 32.9 Å². The summed E-state index contributed by atoms with van der Waals surface area (Å²) in [7, 11) is 0. The van der Waals surface area contributed by atoms with Crippen molar-refractivity contribution in [2.24, 2.45) is 0 Å². The normalized spacial score (nSPS) is 12.9. The Morgan fingerprint density at radius 2 is 2.14 bits per heavy atom. The molecule has 0 aliphatic carbocycles. The van der Waals surface area contributed by atoms with E-state index in [4.69, 9.17) is 5.10 Å². The minimum absolute atomic E-state index is 0.227. The molecule has 0 fully saturated rings. The van der Waals surface area contributed by atoms with Crippen LogP contribution in [-0.4, -0.2) is 21.3 Å². The van der Waals surface area contributed by atoms with Crippen LogP contribution in [0, 0.1) is 0 Å². The van der Waals surface area contributed by atoms with Gasteiger partial charge in [-0.25, -0.2) is 4.98 Å². The summed E-state index contributed by atoms with van der Waals surface area (Å²) in [4.78, 5) is 4.46. The number of para-hydroxylation sites is 1. The highest BCUT2D eigenvalue weighted by atomic mass is 32.1. The zero-order chi connectivity index (χ0) is 14.7. The average molecular weight is 300 g/mol. The molecule has 3 aromatic rings. The van der Waals surface area contributed by atoms with E-state index in [9.17, 15) is 0 Å². The predicted octanol–water partition coefficient (Wildman–Crippen LogP) is 3.41. The van der Waals surface area contributed by atoms with Gasteiger partial charge in [-0.15, -0.1) is 11.3 Å². The lowest BCUT2D eigenvalue weighted by molar-refractivity contribution is 0.528. The first-order valence-corrected chi connectivity index (χ1v) is 8.33. The Morgan fingerprint density at radius 1 is 1.29 bits per heavy atom. The van der Waals surface area contributed by atoms with E-state index in [-0.39, 0.29) is 6.04 Å². The van der Waals surface area contributed by atoms with Gasteiger partial charge < -0.3 is 5.32 Å². The molecule has 4 nitrogen and oxygen atoms in total. The number of thiazole rings is 1. The molecule has 1 unspecified atom stereocenters. The van der Waals surface area contributed by atoms with Crippen molar-refractivity contribution in [3.63, 3.8) is 0 Å². The Bertz CT molecular complexity index is 702. The molecule has 0 saturated heterocycles. The number of hydrogen-bond acceptors (Lipinski definition) is 4. The second-order valence-corrected chi connectivity index (χ2v) is 5.73. The predicted molar refractivity (Wildman–Crippen MR) is 87.6 cm³/mol. The van der Waals surface area contributed by atoms with Crippen LogP contribution in [0.2, 0.25) is 0 Å². The molecule has 0 saturated carbocycles. The van der Waals surface area contributed by atoms with E-state index >= 15 is 0 Å². The van der Waals surface area contributed by atoms with E-state index in [0.29, 0.717) is 0 Å². The number of rotatable bonds is 6. The van der Waals surface area contributed by atoms with Gasteiger partial charge in [0.15, 0.2) is 0 Å².